The van der Waals surface area contributed by atoms with Crippen LogP contribution in [0.1, 0.15) is 23.5 Å². The molecule has 4 rings (SSSR count). The number of fused-ring (bicyclic) bond motifs is 1. The van der Waals surface area contributed by atoms with Crippen LogP contribution in [0.4, 0.5) is 0 Å². The van der Waals surface area contributed by atoms with Crippen LogP contribution >= 0.6 is 11.3 Å². The van der Waals surface area contributed by atoms with E-state index in [0.717, 1.165) is 38.1 Å². The highest BCUT2D eigenvalue weighted by Crippen LogP contribution is 2.18. The summed E-state index contributed by atoms with van der Waals surface area (Å²) in [5.74, 6) is 0.707. The van der Waals surface area contributed by atoms with Crippen molar-refractivity contribution in [2.45, 2.75) is 32.0 Å². The third-order valence-electron chi connectivity index (χ3n) is 4.48. The maximum absolute atomic E-state index is 12.3. The van der Waals surface area contributed by atoms with E-state index in [2.05, 4.69) is 32.4 Å². The molecule has 1 aliphatic rings. The van der Waals surface area contributed by atoms with E-state index >= 15 is 0 Å². The second-order valence-corrected chi connectivity index (χ2v) is 7.45. The second kappa shape index (κ2) is 7.47. The smallest absolute Gasteiger partial charge is 0.258 e. The highest BCUT2D eigenvalue weighted by molar-refractivity contribution is 7.09. The van der Waals surface area contributed by atoms with Crippen LogP contribution in [0, 0.1) is 0 Å². The Morgan fingerprint density at radius 3 is 2.96 bits per heavy atom. The highest BCUT2D eigenvalue weighted by atomic mass is 32.1. The minimum atomic E-state index is -0.0752. The summed E-state index contributed by atoms with van der Waals surface area (Å²) in [5.41, 5.74) is 0.670. The summed E-state index contributed by atoms with van der Waals surface area (Å²) >= 11 is 1.75. The molecule has 5 nitrogen and oxygen atoms in total. The molecule has 3 aromatic rings. The van der Waals surface area contributed by atoms with Crippen LogP contribution in [0.2, 0.25) is 0 Å². The lowest BCUT2D eigenvalue weighted by molar-refractivity contribution is 0.0674. The number of aromatic amines is 1. The largest absolute Gasteiger partial charge is 0.377 e. The van der Waals surface area contributed by atoms with Crippen LogP contribution in [0.5, 0.6) is 0 Å². The van der Waals surface area contributed by atoms with E-state index < -0.39 is 0 Å². The molecule has 1 unspecified atom stereocenters. The molecule has 6 heteroatoms. The maximum atomic E-state index is 12.3. The molecule has 25 heavy (non-hydrogen) atoms. The number of para-hydroxylation sites is 1. The zero-order chi connectivity index (χ0) is 17.1. The van der Waals surface area contributed by atoms with E-state index in [1.807, 2.05) is 18.2 Å². The summed E-state index contributed by atoms with van der Waals surface area (Å²) in [6.07, 6.45) is 2.50. The molecule has 130 valence electrons. The standard InChI is InChI=1S/C19H21N3O2S/c23-19-16-7-1-2-8-17(16)20-18(21-19)13-22(11-14-5-3-9-24-14)12-15-6-4-10-25-15/h1-2,4,6-8,10,14H,3,5,9,11-13H2,(H,20,21,23). The number of nitrogens with one attached hydrogen (secondary N) is 1. The van der Waals surface area contributed by atoms with Crippen LogP contribution in [0.15, 0.2) is 46.6 Å². The van der Waals surface area contributed by atoms with Crippen molar-refractivity contribution in [1.82, 2.24) is 14.9 Å². The van der Waals surface area contributed by atoms with Gasteiger partial charge in [-0.15, -0.1) is 11.3 Å². The number of nitrogens with zero attached hydrogens (tertiary/aromatic N) is 2. The number of rotatable bonds is 6. The van der Waals surface area contributed by atoms with Gasteiger partial charge in [0.05, 0.1) is 23.6 Å². The topological polar surface area (TPSA) is 58.2 Å². The third-order valence-corrected chi connectivity index (χ3v) is 5.34. The first-order valence-corrected chi connectivity index (χ1v) is 9.50. The van der Waals surface area contributed by atoms with Crippen molar-refractivity contribution in [1.29, 1.82) is 0 Å². The molecule has 1 aromatic carbocycles. The lowest BCUT2D eigenvalue weighted by Gasteiger charge is -2.24. The van der Waals surface area contributed by atoms with Gasteiger partial charge in [-0.3, -0.25) is 9.69 Å². The number of thiophene rings is 1. The molecular formula is C19H21N3O2S. The fourth-order valence-electron chi connectivity index (χ4n) is 3.31. The van der Waals surface area contributed by atoms with Crippen molar-refractivity contribution in [3.63, 3.8) is 0 Å². The molecule has 0 spiro atoms. The van der Waals surface area contributed by atoms with Gasteiger partial charge >= 0.3 is 0 Å². The van der Waals surface area contributed by atoms with Gasteiger partial charge in [0, 0.05) is 24.6 Å². The van der Waals surface area contributed by atoms with Gasteiger partial charge in [0.1, 0.15) is 5.82 Å². The lowest BCUT2D eigenvalue weighted by atomic mass is 10.2. The molecule has 2 aromatic heterocycles. The molecule has 1 aliphatic heterocycles. The molecule has 0 aliphatic carbocycles. The molecule has 1 fully saturated rings. The van der Waals surface area contributed by atoms with Gasteiger partial charge in [-0.25, -0.2) is 4.98 Å². The first-order chi connectivity index (χ1) is 12.3. The van der Waals surface area contributed by atoms with Crippen molar-refractivity contribution in [2.24, 2.45) is 0 Å². The number of hydrogen-bond acceptors (Lipinski definition) is 5. The highest BCUT2D eigenvalue weighted by Gasteiger charge is 2.20. The van der Waals surface area contributed by atoms with E-state index in [9.17, 15) is 4.79 Å². The average Bonchev–Trinajstić information content (AvgIpc) is 3.29. The average molecular weight is 355 g/mol. The van der Waals surface area contributed by atoms with Gasteiger partial charge in [0.2, 0.25) is 0 Å². The summed E-state index contributed by atoms with van der Waals surface area (Å²) in [5, 5.41) is 2.73. The summed E-state index contributed by atoms with van der Waals surface area (Å²) < 4.78 is 5.80. The fourth-order valence-corrected chi connectivity index (χ4v) is 4.05. The number of benzene rings is 1. The van der Waals surface area contributed by atoms with E-state index in [1.54, 1.807) is 17.4 Å². The first kappa shape index (κ1) is 16.4. The molecule has 0 saturated carbocycles. The molecule has 0 amide bonds. The van der Waals surface area contributed by atoms with E-state index in [0.29, 0.717) is 17.8 Å². The Labute approximate surface area is 150 Å². The number of ether oxygens (including phenoxy) is 1. The normalized spacial score (nSPS) is 17.6. The summed E-state index contributed by atoms with van der Waals surface area (Å²) in [6, 6.07) is 11.7. The second-order valence-electron chi connectivity index (χ2n) is 6.41. The van der Waals surface area contributed by atoms with Crippen LogP contribution in [0.3, 0.4) is 0 Å². The van der Waals surface area contributed by atoms with Crippen LogP contribution in [-0.4, -0.2) is 34.1 Å². The lowest BCUT2D eigenvalue weighted by Crippen LogP contribution is -2.32. The van der Waals surface area contributed by atoms with E-state index in [1.165, 1.54) is 4.88 Å². The van der Waals surface area contributed by atoms with Gasteiger partial charge in [-0.05, 0) is 36.4 Å². The molecule has 0 bridgehead atoms. The Bertz CT molecular complexity index is 885. The quantitative estimate of drug-likeness (QED) is 0.738. The monoisotopic (exact) mass is 355 g/mol. The summed E-state index contributed by atoms with van der Waals surface area (Å²) in [6.45, 7) is 3.16. The molecule has 3 heterocycles. The van der Waals surface area contributed by atoms with Gasteiger partial charge in [-0.1, -0.05) is 18.2 Å². The van der Waals surface area contributed by atoms with Crippen molar-refractivity contribution in [3.05, 3.63) is 62.8 Å². The van der Waals surface area contributed by atoms with Crippen molar-refractivity contribution < 1.29 is 4.74 Å². The summed E-state index contributed by atoms with van der Waals surface area (Å²) in [7, 11) is 0. The minimum Gasteiger partial charge on any atom is -0.377 e. The number of hydrogen-bond donors (Lipinski definition) is 1. The van der Waals surface area contributed by atoms with E-state index in [4.69, 9.17) is 4.74 Å². The SMILES string of the molecule is O=c1[nH]c(CN(Cc2cccs2)CC2CCCO2)nc2ccccc12. The molecular weight excluding hydrogens is 334 g/mol. The number of H-pyrrole nitrogens is 1. The van der Waals surface area contributed by atoms with Crippen LogP contribution in [0.25, 0.3) is 10.9 Å². The minimum absolute atomic E-state index is 0.0752. The van der Waals surface area contributed by atoms with E-state index in [-0.39, 0.29) is 11.7 Å². The van der Waals surface area contributed by atoms with Crippen molar-refractivity contribution >= 4 is 22.2 Å². The zero-order valence-corrected chi connectivity index (χ0v) is 14.8. The Morgan fingerprint density at radius 2 is 2.16 bits per heavy atom. The van der Waals surface area contributed by atoms with Crippen LogP contribution in [-0.2, 0) is 17.8 Å². The maximum Gasteiger partial charge on any atom is 0.258 e. The summed E-state index contributed by atoms with van der Waals surface area (Å²) in [4.78, 5) is 23.5. The predicted octanol–water partition coefficient (Wildman–Crippen LogP) is 3.17. The predicted molar refractivity (Wildman–Crippen MR) is 99.8 cm³/mol. The van der Waals surface area contributed by atoms with Gasteiger partial charge in [0.25, 0.3) is 5.56 Å². The van der Waals surface area contributed by atoms with Gasteiger partial charge in [0.15, 0.2) is 0 Å². The Hall–Kier alpha value is -2.02. The first-order valence-electron chi connectivity index (χ1n) is 8.62. The Balaban J connectivity index is 1.57. The van der Waals surface area contributed by atoms with Crippen LogP contribution < -0.4 is 5.56 Å². The molecule has 1 saturated heterocycles. The fraction of sp³-hybridized carbons (Fsp3) is 0.368. The molecule has 1 atom stereocenters. The Morgan fingerprint density at radius 1 is 1.24 bits per heavy atom. The van der Waals surface area contributed by atoms with Crippen molar-refractivity contribution in [3.8, 4) is 0 Å². The zero-order valence-electron chi connectivity index (χ0n) is 14.0. The van der Waals surface area contributed by atoms with Crippen molar-refractivity contribution in [2.75, 3.05) is 13.2 Å². The Kier molecular flexibility index (Phi) is 4.92. The third kappa shape index (κ3) is 3.98. The molecule has 1 N–H and O–H groups in total. The van der Waals surface area contributed by atoms with Gasteiger partial charge < -0.3 is 9.72 Å². The molecule has 0 radical (unpaired) electrons. The van der Waals surface area contributed by atoms with Gasteiger partial charge in [-0.2, -0.15) is 0 Å². The number of aromatic nitrogens is 2.